The molecule has 0 N–H and O–H groups in total. The molecule has 20 heavy (non-hydrogen) atoms. The van der Waals surface area contributed by atoms with Crippen molar-refractivity contribution in [1.82, 2.24) is 0 Å². The van der Waals surface area contributed by atoms with Gasteiger partial charge in [-0.2, -0.15) is 10.2 Å². The molecule has 102 valence electrons. The minimum Gasteiger partial charge on any atom is -0.264 e. The van der Waals surface area contributed by atoms with Gasteiger partial charge in [0, 0.05) is 11.2 Å². The Morgan fingerprint density at radius 1 is 0.950 bits per heavy atom. The van der Waals surface area contributed by atoms with Crippen LogP contribution in [0.25, 0.3) is 0 Å². The second kappa shape index (κ2) is 6.34. The quantitative estimate of drug-likeness (QED) is 0.324. The van der Waals surface area contributed by atoms with Crippen molar-refractivity contribution in [3.05, 3.63) is 67.3 Å². The van der Waals surface area contributed by atoms with Crippen LogP contribution in [-0.4, -0.2) is 8.74 Å². The molecule has 0 radical (unpaired) electrons. The molecule has 0 unspecified atom stereocenters. The van der Waals surface area contributed by atoms with Crippen LogP contribution in [0.3, 0.4) is 0 Å². The van der Waals surface area contributed by atoms with Crippen LogP contribution in [0.5, 0.6) is 0 Å². The van der Waals surface area contributed by atoms with E-state index in [1.54, 1.807) is 30.3 Å². The Hall–Kier alpha value is -2.14. The van der Waals surface area contributed by atoms with E-state index in [4.69, 9.17) is 0 Å². The summed E-state index contributed by atoms with van der Waals surface area (Å²) in [5.41, 5.74) is 0.867. The number of hydrogen-bond acceptors (Lipinski definition) is 2. The third-order valence-corrected chi connectivity index (χ3v) is 4.74. The third-order valence-electron chi connectivity index (χ3n) is 2.73. The number of halogens is 2. The minimum atomic E-state index is -4.53. The Morgan fingerprint density at radius 2 is 1.60 bits per heavy atom. The highest BCUT2D eigenvalue weighted by Crippen LogP contribution is 2.22. The van der Waals surface area contributed by atoms with E-state index < -0.39 is 8.74 Å². The molecule has 0 saturated carbocycles. The van der Waals surface area contributed by atoms with E-state index in [0.29, 0.717) is 5.69 Å². The fourth-order valence-electron chi connectivity index (χ4n) is 1.77. The summed E-state index contributed by atoms with van der Waals surface area (Å²) in [6, 6.07) is 15.0. The average molecular weight is 288 g/mol. The number of rotatable bonds is 5. The Morgan fingerprint density at radius 3 is 2.30 bits per heavy atom. The summed E-state index contributed by atoms with van der Waals surface area (Å²) < 4.78 is 28.2. The predicted octanol–water partition coefficient (Wildman–Crippen LogP) is 4.88. The molecule has 0 heterocycles. The summed E-state index contributed by atoms with van der Waals surface area (Å²) in [6.45, 7) is 3.40. The molecular formula is C15H14F2N2Si. The van der Waals surface area contributed by atoms with Crippen molar-refractivity contribution in [3.8, 4) is 0 Å². The minimum absolute atomic E-state index is 0.000388. The molecule has 0 atom stereocenters. The molecule has 0 aliphatic carbocycles. The second-order valence-corrected chi connectivity index (χ2v) is 6.61. The Balaban J connectivity index is 2.33. The third kappa shape index (κ3) is 3.45. The summed E-state index contributed by atoms with van der Waals surface area (Å²) in [6.07, 6.45) is 1.26. The normalized spacial score (nSPS) is 11.7. The zero-order chi connectivity index (χ0) is 14.4. The first-order chi connectivity index (χ1) is 9.63. The average Bonchev–Trinajstić information content (AvgIpc) is 2.46. The van der Waals surface area contributed by atoms with E-state index in [2.05, 4.69) is 16.8 Å². The molecule has 2 rings (SSSR count). The van der Waals surface area contributed by atoms with E-state index in [1.807, 2.05) is 18.2 Å². The molecule has 2 aromatic rings. The maximum absolute atomic E-state index is 14.1. The van der Waals surface area contributed by atoms with E-state index in [-0.39, 0.29) is 16.9 Å². The number of benzene rings is 2. The molecule has 5 heteroatoms. The van der Waals surface area contributed by atoms with Gasteiger partial charge in [-0.3, -0.25) is 8.22 Å². The molecule has 0 spiro atoms. The fraction of sp³-hybridized carbons (Fsp3) is 0.0667. The van der Waals surface area contributed by atoms with Crippen molar-refractivity contribution < 1.29 is 8.22 Å². The van der Waals surface area contributed by atoms with Crippen molar-refractivity contribution in [1.29, 1.82) is 0 Å². The molecule has 0 fully saturated rings. The smallest absolute Gasteiger partial charge is 0.264 e. The summed E-state index contributed by atoms with van der Waals surface area (Å²) in [4.78, 5) is 0. The summed E-state index contributed by atoms with van der Waals surface area (Å²) >= 11 is 0. The van der Waals surface area contributed by atoms with Gasteiger partial charge in [-0.05, 0) is 18.2 Å². The van der Waals surface area contributed by atoms with Gasteiger partial charge >= 0.3 is 8.74 Å². The van der Waals surface area contributed by atoms with Gasteiger partial charge in [-0.25, -0.2) is 0 Å². The Kier molecular flexibility index (Phi) is 4.52. The first-order valence-corrected chi connectivity index (χ1v) is 8.15. The molecule has 0 saturated heterocycles. The second-order valence-electron chi connectivity index (χ2n) is 4.25. The number of allylic oxidation sites excluding steroid dienone is 1. The summed E-state index contributed by atoms with van der Waals surface area (Å²) in [5, 5.41) is 7.97. The maximum atomic E-state index is 14.1. The zero-order valence-electron chi connectivity index (χ0n) is 10.8. The number of azo groups is 1. The van der Waals surface area contributed by atoms with Crippen LogP contribution in [0, 0.1) is 0 Å². The zero-order valence-corrected chi connectivity index (χ0v) is 11.8. The lowest BCUT2D eigenvalue weighted by atomic mass is 10.3. The maximum Gasteiger partial charge on any atom is 0.461 e. The van der Waals surface area contributed by atoms with Crippen LogP contribution < -0.4 is 5.19 Å². The van der Waals surface area contributed by atoms with Gasteiger partial charge in [0.15, 0.2) is 0 Å². The van der Waals surface area contributed by atoms with Gasteiger partial charge in [0.1, 0.15) is 0 Å². The number of nitrogens with zero attached hydrogens (tertiary/aromatic N) is 2. The van der Waals surface area contributed by atoms with E-state index in [0.717, 1.165) is 0 Å². The molecule has 0 aromatic heterocycles. The SMILES string of the molecule is C=CC[Si](F)(F)c1ccccc1N=Nc1ccccc1. The highest BCUT2D eigenvalue weighted by molar-refractivity contribution is 6.81. The van der Waals surface area contributed by atoms with Crippen LogP contribution in [0.2, 0.25) is 6.04 Å². The first-order valence-electron chi connectivity index (χ1n) is 6.18. The van der Waals surface area contributed by atoms with Crippen LogP contribution in [-0.2, 0) is 0 Å². The van der Waals surface area contributed by atoms with Crippen molar-refractivity contribution in [2.45, 2.75) is 6.04 Å². The lowest BCUT2D eigenvalue weighted by Gasteiger charge is -2.12. The summed E-state index contributed by atoms with van der Waals surface area (Å²) in [7, 11) is -4.53. The van der Waals surface area contributed by atoms with Crippen LogP contribution in [0.15, 0.2) is 77.5 Å². The van der Waals surface area contributed by atoms with Gasteiger partial charge in [0.05, 0.1) is 11.4 Å². The van der Waals surface area contributed by atoms with Gasteiger partial charge < -0.3 is 0 Å². The largest absolute Gasteiger partial charge is 0.461 e. The van der Waals surface area contributed by atoms with Crippen LogP contribution in [0.4, 0.5) is 19.6 Å². The molecule has 0 bridgehead atoms. The fourth-order valence-corrected chi connectivity index (χ4v) is 3.20. The topological polar surface area (TPSA) is 24.7 Å². The molecular weight excluding hydrogens is 274 g/mol. The first kappa shape index (κ1) is 14.3. The van der Waals surface area contributed by atoms with E-state index in [1.165, 1.54) is 12.1 Å². The summed E-state index contributed by atoms with van der Waals surface area (Å²) in [5.74, 6) is 0. The predicted molar refractivity (Wildman–Crippen MR) is 79.7 cm³/mol. The van der Waals surface area contributed by atoms with Gasteiger partial charge in [-0.1, -0.05) is 42.5 Å². The highest BCUT2D eigenvalue weighted by atomic mass is 28.4. The Labute approximate surface area is 117 Å². The molecule has 0 amide bonds. The van der Waals surface area contributed by atoms with Crippen molar-refractivity contribution in [3.63, 3.8) is 0 Å². The standard InChI is InChI=1S/C15H14F2N2Si/c1-2-12-20(16,17)15-11-7-6-10-14(15)19-18-13-8-4-3-5-9-13/h2-11H,1,12H2. The monoisotopic (exact) mass is 288 g/mol. The molecule has 2 aromatic carbocycles. The van der Waals surface area contributed by atoms with Crippen LogP contribution >= 0.6 is 0 Å². The molecule has 2 nitrogen and oxygen atoms in total. The van der Waals surface area contributed by atoms with Crippen molar-refractivity contribution in [2.24, 2.45) is 10.2 Å². The molecule has 0 aliphatic heterocycles. The lowest BCUT2D eigenvalue weighted by Crippen LogP contribution is -2.38. The molecule has 0 aliphatic rings. The van der Waals surface area contributed by atoms with Crippen LogP contribution in [0.1, 0.15) is 0 Å². The van der Waals surface area contributed by atoms with E-state index >= 15 is 0 Å². The van der Waals surface area contributed by atoms with Crippen molar-refractivity contribution >= 4 is 25.3 Å². The van der Waals surface area contributed by atoms with Gasteiger partial charge in [0.2, 0.25) is 0 Å². The number of hydrogen-bond donors (Lipinski definition) is 0. The lowest BCUT2D eigenvalue weighted by molar-refractivity contribution is 0.631. The Bertz CT molecular complexity index is 612. The van der Waals surface area contributed by atoms with E-state index in [9.17, 15) is 8.22 Å². The van der Waals surface area contributed by atoms with Crippen molar-refractivity contribution in [2.75, 3.05) is 0 Å². The van der Waals surface area contributed by atoms with Gasteiger partial charge in [-0.15, -0.1) is 6.58 Å². The van der Waals surface area contributed by atoms with Gasteiger partial charge in [0.25, 0.3) is 0 Å². The highest BCUT2D eigenvalue weighted by Gasteiger charge is 2.38.